The fraction of sp³-hybridized carbons (Fsp3) is 0.143. The number of rotatable bonds is 6. The average Bonchev–Trinajstić information content (AvgIpc) is 2.67. The molecule has 0 atom stereocenters. The quantitative estimate of drug-likeness (QED) is 0.554. The zero-order valence-corrected chi connectivity index (χ0v) is 17.1. The van der Waals surface area contributed by atoms with E-state index in [4.69, 9.17) is 0 Å². The number of sulfonamides is 1. The van der Waals surface area contributed by atoms with Crippen molar-refractivity contribution in [3.8, 4) is 5.75 Å². The van der Waals surface area contributed by atoms with Gasteiger partial charge in [0.2, 0.25) is 0 Å². The minimum Gasteiger partial charge on any atom is -0.506 e. The molecule has 0 saturated heterocycles. The lowest BCUT2D eigenvalue weighted by Gasteiger charge is -2.13. The molecule has 0 amide bonds. The number of aryl methyl sites for hydroxylation is 2. The van der Waals surface area contributed by atoms with E-state index in [1.54, 1.807) is 0 Å². The molecule has 0 aliphatic carbocycles. The summed E-state index contributed by atoms with van der Waals surface area (Å²) in [5, 5.41) is 19.3. The number of nitrogens with one attached hydrogen (secondary N) is 1. The number of aromatic carboxylic acids is 1. The third-order valence-corrected chi connectivity index (χ3v) is 5.86. The van der Waals surface area contributed by atoms with E-state index in [9.17, 15) is 28.2 Å². The Hall–Kier alpha value is -3.59. The summed E-state index contributed by atoms with van der Waals surface area (Å²) in [7, 11) is -4.42. The third-order valence-electron chi connectivity index (χ3n) is 4.48. The van der Waals surface area contributed by atoms with Gasteiger partial charge in [-0.05, 0) is 49.2 Å². The van der Waals surface area contributed by atoms with E-state index in [0.717, 1.165) is 23.3 Å². The summed E-state index contributed by atoms with van der Waals surface area (Å²) in [5.74, 6) is -2.36. The van der Waals surface area contributed by atoms with E-state index in [-0.39, 0.29) is 12.2 Å². The highest BCUT2D eigenvalue weighted by molar-refractivity contribution is 7.92. The third kappa shape index (κ3) is 4.36. The number of carboxylic acid groups (broad SMARTS) is 1. The van der Waals surface area contributed by atoms with Gasteiger partial charge < -0.3 is 14.8 Å². The first kappa shape index (κ1) is 21.1. The van der Waals surface area contributed by atoms with Gasteiger partial charge in [0.1, 0.15) is 16.1 Å². The summed E-state index contributed by atoms with van der Waals surface area (Å²) in [4.78, 5) is 23.4. The molecule has 1 aromatic heterocycles. The monoisotopic (exact) mass is 428 g/mol. The normalized spacial score (nSPS) is 11.3. The van der Waals surface area contributed by atoms with Crippen molar-refractivity contribution in [1.82, 2.24) is 4.57 Å². The van der Waals surface area contributed by atoms with Gasteiger partial charge in [0.25, 0.3) is 15.6 Å². The molecule has 3 aromatic rings. The van der Waals surface area contributed by atoms with E-state index < -0.39 is 37.8 Å². The Morgan fingerprint density at radius 1 is 1.07 bits per heavy atom. The minimum absolute atomic E-state index is 0.220. The van der Waals surface area contributed by atoms with Crippen LogP contribution in [0.15, 0.2) is 64.4 Å². The highest BCUT2D eigenvalue weighted by Gasteiger charge is 2.25. The molecule has 3 rings (SSSR count). The fourth-order valence-electron chi connectivity index (χ4n) is 2.94. The largest absolute Gasteiger partial charge is 0.506 e. The number of carboxylic acids is 1. The standard InChI is InChI=1S/C21H20N2O6S/c1-13-5-7-15(8-6-13)12-23-9-3-4-17(20(23)25)22-30(28,29)18-11-14(2)10-16(19(18)24)21(26)27/h3-11,22,24H,12H2,1-2H3,(H,26,27). The van der Waals surface area contributed by atoms with Crippen LogP contribution in [0, 0.1) is 13.8 Å². The van der Waals surface area contributed by atoms with Crippen molar-refractivity contribution in [3.05, 3.63) is 87.3 Å². The maximum Gasteiger partial charge on any atom is 0.339 e. The van der Waals surface area contributed by atoms with Gasteiger partial charge >= 0.3 is 5.97 Å². The van der Waals surface area contributed by atoms with Crippen LogP contribution in [0.25, 0.3) is 0 Å². The van der Waals surface area contributed by atoms with Gasteiger partial charge in [-0.1, -0.05) is 29.8 Å². The van der Waals surface area contributed by atoms with E-state index >= 15 is 0 Å². The van der Waals surface area contributed by atoms with Crippen LogP contribution in [0.5, 0.6) is 5.75 Å². The summed E-state index contributed by atoms with van der Waals surface area (Å²) in [5.41, 5.74) is 0.932. The predicted octanol–water partition coefficient (Wildman–Crippen LogP) is 2.72. The molecule has 0 fully saturated rings. The summed E-state index contributed by atoms with van der Waals surface area (Å²) in [6.07, 6.45) is 1.53. The van der Waals surface area contributed by atoms with Crippen LogP contribution in [0.2, 0.25) is 0 Å². The zero-order valence-electron chi connectivity index (χ0n) is 16.3. The van der Waals surface area contributed by atoms with Gasteiger partial charge in [0.15, 0.2) is 5.75 Å². The van der Waals surface area contributed by atoms with Crippen molar-refractivity contribution >= 4 is 21.7 Å². The van der Waals surface area contributed by atoms with Crippen molar-refractivity contribution in [1.29, 1.82) is 0 Å². The molecule has 0 spiro atoms. The number of hydrogen-bond acceptors (Lipinski definition) is 5. The van der Waals surface area contributed by atoms with Gasteiger partial charge in [0, 0.05) is 6.20 Å². The number of aromatic hydroxyl groups is 1. The van der Waals surface area contributed by atoms with Crippen LogP contribution in [0.1, 0.15) is 27.0 Å². The Labute approximate surface area is 173 Å². The molecule has 0 unspecified atom stereocenters. The number of anilines is 1. The second-order valence-corrected chi connectivity index (χ2v) is 8.56. The first-order valence-corrected chi connectivity index (χ1v) is 10.4. The van der Waals surface area contributed by atoms with Crippen LogP contribution >= 0.6 is 0 Å². The lowest BCUT2D eigenvalue weighted by atomic mass is 10.1. The molecule has 0 bridgehead atoms. The van der Waals surface area contributed by atoms with Gasteiger partial charge in [-0.25, -0.2) is 13.2 Å². The van der Waals surface area contributed by atoms with Gasteiger partial charge in [-0.2, -0.15) is 0 Å². The van der Waals surface area contributed by atoms with Crippen LogP contribution in [0.3, 0.4) is 0 Å². The van der Waals surface area contributed by atoms with Gasteiger partial charge in [-0.15, -0.1) is 0 Å². The molecular formula is C21H20N2O6S. The van der Waals surface area contributed by atoms with Crippen molar-refractivity contribution in [2.45, 2.75) is 25.3 Å². The molecule has 0 aliphatic rings. The Morgan fingerprint density at radius 2 is 1.73 bits per heavy atom. The topological polar surface area (TPSA) is 126 Å². The Bertz CT molecular complexity index is 1280. The maximum atomic E-state index is 12.8. The Morgan fingerprint density at radius 3 is 2.37 bits per heavy atom. The number of carbonyl (C=O) groups is 1. The SMILES string of the molecule is Cc1ccc(Cn2cccc(NS(=O)(=O)c3cc(C)cc(C(=O)O)c3O)c2=O)cc1. The maximum absolute atomic E-state index is 12.8. The number of phenols is 1. The number of aromatic nitrogens is 1. The number of pyridine rings is 1. The predicted molar refractivity (Wildman–Crippen MR) is 112 cm³/mol. The molecule has 156 valence electrons. The molecule has 30 heavy (non-hydrogen) atoms. The van der Waals surface area contributed by atoms with Crippen LogP contribution < -0.4 is 10.3 Å². The fourth-order valence-corrected chi connectivity index (χ4v) is 4.20. The van der Waals surface area contributed by atoms with Crippen molar-refractivity contribution < 1.29 is 23.4 Å². The Balaban J connectivity index is 1.98. The summed E-state index contributed by atoms with van der Waals surface area (Å²) in [6.45, 7) is 3.69. The first-order valence-electron chi connectivity index (χ1n) is 8.93. The van der Waals surface area contributed by atoms with Crippen molar-refractivity contribution in [2.75, 3.05) is 4.72 Å². The highest BCUT2D eigenvalue weighted by atomic mass is 32.2. The minimum atomic E-state index is -4.42. The molecule has 0 aliphatic heterocycles. The van der Waals surface area contributed by atoms with Crippen LogP contribution in [-0.4, -0.2) is 29.2 Å². The van der Waals surface area contributed by atoms with Crippen LogP contribution in [-0.2, 0) is 16.6 Å². The molecule has 2 aromatic carbocycles. The highest BCUT2D eigenvalue weighted by Crippen LogP contribution is 2.29. The number of nitrogens with zero attached hydrogens (tertiary/aromatic N) is 1. The lowest BCUT2D eigenvalue weighted by molar-refractivity contribution is 0.0693. The average molecular weight is 428 g/mol. The van der Waals surface area contributed by atoms with E-state index in [2.05, 4.69) is 4.72 Å². The summed E-state index contributed by atoms with van der Waals surface area (Å²) >= 11 is 0. The van der Waals surface area contributed by atoms with E-state index in [1.165, 1.54) is 29.8 Å². The van der Waals surface area contributed by atoms with E-state index in [1.807, 2.05) is 31.2 Å². The smallest absolute Gasteiger partial charge is 0.339 e. The summed E-state index contributed by atoms with van der Waals surface area (Å²) in [6, 6.07) is 12.7. The summed E-state index contributed by atoms with van der Waals surface area (Å²) < 4.78 is 29.1. The zero-order chi connectivity index (χ0) is 22.1. The number of hydrogen-bond donors (Lipinski definition) is 3. The number of benzene rings is 2. The first-order chi connectivity index (χ1) is 14.1. The van der Waals surface area contributed by atoms with Crippen LogP contribution in [0.4, 0.5) is 5.69 Å². The molecule has 8 nitrogen and oxygen atoms in total. The molecule has 9 heteroatoms. The Kier molecular flexibility index (Phi) is 5.66. The van der Waals surface area contributed by atoms with Crippen molar-refractivity contribution in [3.63, 3.8) is 0 Å². The molecule has 0 saturated carbocycles. The van der Waals surface area contributed by atoms with E-state index in [0.29, 0.717) is 5.56 Å². The molecule has 1 heterocycles. The molecule has 3 N–H and O–H groups in total. The molecular weight excluding hydrogens is 408 g/mol. The van der Waals surface area contributed by atoms with Crippen molar-refractivity contribution in [2.24, 2.45) is 0 Å². The van der Waals surface area contributed by atoms with Gasteiger partial charge in [0.05, 0.1) is 6.54 Å². The second kappa shape index (κ2) is 8.03. The second-order valence-electron chi connectivity index (χ2n) is 6.91. The molecule has 0 radical (unpaired) electrons. The van der Waals surface area contributed by atoms with Gasteiger partial charge in [-0.3, -0.25) is 9.52 Å². The lowest BCUT2D eigenvalue weighted by Crippen LogP contribution is -2.26.